The van der Waals surface area contributed by atoms with Gasteiger partial charge in [0.25, 0.3) is 0 Å². The first-order valence-corrected chi connectivity index (χ1v) is 11.9. The fourth-order valence-corrected chi connectivity index (χ4v) is 4.81. The Kier molecular flexibility index (Phi) is 7.01. The quantitative estimate of drug-likeness (QED) is 0.522. The predicted octanol–water partition coefficient (Wildman–Crippen LogP) is 6.21. The van der Waals surface area contributed by atoms with Gasteiger partial charge in [-0.1, -0.05) is 68.5 Å². The van der Waals surface area contributed by atoms with Crippen LogP contribution in [-0.2, 0) is 0 Å². The Labute approximate surface area is 203 Å². The van der Waals surface area contributed by atoms with Crippen LogP contribution >= 0.6 is 0 Å². The fraction of sp³-hybridized carbons (Fsp3) is 0.333. The van der Waals surface area contributed by atoms with E-state index in [0.717, 1.165) is 55.7 Å². The van der Waals surface area contributed by atoms with Crippen molar-refractivity contribution < 1.29 is 0 Å². The van der Waals surface area contributed by atoms with Gasteiger partial charge in [-0.25, -0.2) is 0 Å². The summed E-state index contributed by atoms with van der Waals surface area (Å²) in [5.74, 6) is 0. The molecule has 1 fully saturated rings. The summed E-state index contributed by atoms with van der Waals surface area (Å²) in [5, 5.41) is 18.5. The van der Waals surface area contributed by atoms with Crippen LogP contribution in [0.3, 0.4) is 0 Å². The first-order valence-electron chi connectivity index (χ1n) is 11.9. The number of anilines is 1. The van der Waals surface area contributed by atoms with E-state index in [1.54, 1.807) is 0 Å². The first kappa shape index (κ1) is 23.6. The van der Waals surface area contributed by atoms with Crippen molar-refractivity contribution in [3.8, 4) is 23.3 Å². The maximum Gasteiger partial charge on any atom is 0.132 e. The Balaban J connectivity index is 1.46. The molecule has 34 heavy (non-hydrogen) atoms. The molecule has 4 rings (SSSR count). The average molecular weight is 449 g/mol. The van der Waals surface area contributed by atoms with E-state index in [2.05, 4.69) is 91.4 Å². The minimum atomic E-state index is 0.0306. The van der Waals surface area contributed by atoms with Crippen molar-refractivity contribution >= 4 is 11.8 Å². The largest absolute Gasteiger partial charge is 0.369 e. The summed E-state index contributed by atoms with van der Waals surface area (Å²) in [6, 6.07) is 21.6. The molecule has 1 aliphatic carbocycles. The van der Waals surface area contributed by atoms with Crippen molar-refractivity contribution in [3.63, 3.8) is 0 Å². The van der Waals surface area contributed by atoms with Crippen molar-refractivity contribution in [2.45, 2.75) is 26.7 Å². The van der Waals surface area contributed by atoms with E-state index in [-0.39, 0.29) is 11.0 Å². The highest BCUT2D eigenvalue weighted by Crippen LogP contribution is 2.39. The molecule has 2 aliphatic rings. The Morgan fingerprint density at radius 2 is 1.41 bits per heavy atom. The summed E-state index contributed by atoms with van der Waals surface area (Å²) < 4.78 is 0. The van der Waals surface area contributed by atoms with E-state index < -0.39 is 0 Å². The molecule has 1 heterocycles. The van der Waals surface area contributed by atoms with Crippen LogP contribution in [0.4, 0.5) is 5.69 Å². The standard InChI is InChI=1S/C30H32N4/c1-30(2)19-24(18-27(20-30)28(21-31)22-32)5-4-23-6-8-25(9-7-23)26-10-12-29(13-11-26)34-16-14-33(3)15-17-34/h4-13,18H,14-17,19-20H2,1-3H3. The smallest absolute Gasteiger partial charge is 0.132 e. The van der Waals surface area contributed by atoms with Crippen LogP contribution in [0.5, 0.6) is 0 Å². The topological polar surface area (TPSA) is 54.1 Å². The lowest BCUT2D eigenvalue weighted by molar-refractivity contribution is 0.313. The highest BCUT2D eigenvalue weighted by molar-refractivity contribution is 5.68. The molecule has 0 N–H and O–H groups in total. The molecule has 0 unspecified atom stereocenters. The third-order valence-electron chi connectivity index (χ3n) is 6.73. The van der Waals surface area contributed by atoms with Crippen LogP contribution in [-0.4, -0.2) is 38.1 Å². The van der Waals surface area contributed by atoms with Gasteiger partial charge < -0.3 is 9.80 Å². The molecule has 0 aromatic heterocycles. The third kappa shape index (κ3) is 5.66. The van der Waals surface area contributed by atoms with Crippen molar-refractivity contribution in [2.75, 3.05) is 38.1 Å². The van der Waals surface area contributed by atoms with Crippen LogP contribution in [0.25, 0.3) is 17.2 Å². The molecule has 0 atom stereocenters. The molecule has 2 aromatic rings. The molecule has 0 spiro atoms. The molecule has 1 saturated heterocycles. The third-order valence-corrected chi connectivity index (χ3v) is 6.73. The van der Waals surface area contributed by atoms with Crippen LogP contribution < -0.4 is 4.90 Å². The molecule has 2 aromatic carbocycles. The first-order chi connectivity index (χ1) is 16.4. The average Bonchev–Trinajstić information content (AvgIpc) is 2.84. The number of hydrogen-bond acceptors (Lipinski definition) is 4. The Morgan fingerprint density at radius 3 is 2.00 bits per heavy atom. The van der Waals surface area contributed by atoms with E-state index >= 15 is 0 Å². The molecule has 1 aliphatic heterocycles. The van der Waals surface area contributed by atoms with Crippen molar-refractivity contribution in [1.82, 2.24) is 4.90 Å². The monoisotopic (exact) mass is 448 g/mol. The second kappa shape index (κ2) is 10.1. The number of hydrogen-bond donors (Lipinski definition) is 0. The molecule has 0 amide bonds. The number of piperazine rings is 1. The van der Waals surface area contributed by atoms with E-state index in [0.29, 0.717) is 0 Å². The number of allylic oxidation sites excluding steroid dienone is 5. The van der Waals surface area contributed by atoms with Gasteiger partial charge in [0.05, 0.1) is 0 Å². The lowest BCUT2D eigenvalue weighted by Gasteiger charge is -2.34. The second-order valence-electron chi connectivity index (χ2n) is 10.2. The van der Waals surface area contributed by atoms with Gasteiger partial charge >= 0.3 is 0 Å². The number of nitriles is 2. The number of likely N-dealkylation sites (N-methyl/N-ethyl adjacent to an activating group) is 1. The van der Waals surface area contributed by atoms with Gasteiger partial charge in [0.1, 0.15) is 17.7 Å². The number of rotatable bonds is 4. The van der Waals surface area contributed by atoms with Gasteiger partial charge in [-0.15, -0.1) is 0 Å². The molecule has 0 bridgehead atoms. The van der Waals surface area contributed by atoms with Crippen molar-refractivity contribution in [3.05, 3.63) is 83.0 Å². The zero-order valence-corrected chi connectivity index (χ0v) is 20.4. The van der Waals surface area contributed by atoms with Gasteiger partial charge in [-0.2, -0.15) is 10.5 Å². The van der Waals surface area contributed by atoms with Crippen LogP contribution in [0.2, 0.25) is 0 Å². The molecular weight excluding hydrogens is 416 g/mol. The summed E-state index contributed by atoms with van der Waals surface area (Å²) >= 11 is 0. The summed E-state index contributed by atoms with van der Waals surface area (Å²) in [6.07, 6.45) is 7.93. The number of nitrogens with zero attached hydrogens (tertiary/aromatic N) is 4. The van der Waals surface area contributed by atoms with Gasteiger partial charge in [0, 0.05) is 31.9 Å². The summed E-state index contributed by atoms with van der Waals surface area (Å²) in [4.78, 5) is 4.83. The van der Waals surface area contributed by atoms with Crippen LogP contribution in [0.15, 0.2) is 77.4 Å². The molecule has 4 heteroatoms. The highest BCUT2D eigenvalue weighted by Gasteiger charge is 2.26. The molecule has 4 nitrogen and oxygen atoms in total. The Bertz CT molecular complexity index is 1170. The number of benzene rings is 2. The van der Waals surface area contributed by atoms with E-state index in [4.69, 9.17) is 0 Å². The van der Waals surface area contributed by atoms with Crippen molar-refractivity contribution in [1.29, 1.82) is 10.5 Å². The summed E-state index contributed by atoms with van der Waals surface area (Å²) in [7, 11) is 2.18. The normalized spacial score (nSPS) is 18.3. The second-order valence-corrected chi connectivity index (χ2v) is 10.2. The maximum absolute atomic E-state index is 9.27. The predicted molar refractivity (Wildman–Crippen MR) is 140 cm³/mol. The van der Waals surface area contributed by atoms with Crippen LogP contribution in [0.1, 0.15) is 32.3 Å². The maximum atomic E-state index is 9.27. The SMILES string of the molecule is CN1CCN(c2ccc(-c3ccc(C=CC4=CC(=C(C#N)C#N)CC(C)(C)C4)cc3)cc2)CC1. The summed E-state index contributed by atoms with van der Waals surface area (Å²) in [5.41, 5.74) is 7.11. The van der Waals surface area contributed by atoms with E-state index in [1.165, 1.54) is 16.8 Å². The van der Waals surface area contributed by atoms with Gasteiger partial charge in [-0.05, 0) is 65.3 Å². The van der Waals surface area contributed by atoms with E-state index in [9.17, 15) is 10.5 Å². The summed E-state index contributed by atoms with van der Waals surface area (Å²) in [6.45, 7) is 8.75. The van der Waals surface area contributed by atoms with Crippen molar-refractivity contribution in [2.24, 2.45) is 5.41 Å². The highest BCUT2D eigenvalue weighted by atomic mass is 15.2. The van der Waals surface area contributed by atoms with Gasteiger partial charge in [0.2, 0.25) is 0 Å². The minimum Gasteiger partial charge on any atom is -0.369 e. The fourth-order valence-electron chi connectivity index (χ4n) is 4.81. The molecule has 0 saturated carbocycles. The lowest BCUT2D eigenvalue weighted by atomic mass is 9.74. The Morgan fingerprint density at radius 1 is 0.824 bits per heavy atom. The molecular formula is C30H32N4. The van der Waals surface area contributed by atoms with Crippen LogP contribution in [0, 0.1) is 28.1 Å². The van der Waals surface area contributed by atoms with Gasteiger partial charge in [0.15, 0.2) is 0 Å². The molecule has 172 valence electrons. The molecule has 0 radical (unpaired) electrons. The van der Waals surface area contributed by atoms with E-state index in [1.807, 2.05) is 18.2 Å². The van der Waals surface area contributed by atoms with Gasteiger partial charge in [-0.3, -0.25) is 0 Å². The lowest BCUT2D eigenvalue weighted by Crippen LogP contribution is -2.44. The zero-order valence-electron chi connectivity index (χ0n) is 20.4. The minimum absolute atomic E-state index is 0.0306. The Hall–Kier alpha value is -3.60. The zero-order chi connectivity index (χ0) is 24.1.